The Hall–Kier alpha value is -1.41. The second-order valence-corrected chi connectivity index (χ2v) is 6.05. The molecule has 0 bridgehead atoms. The van der Waals surface area contributed by atoms with Crippen molar-refractivity contribution in [3.63, 3.8) is 0 Å². The van der Waals surface area contributed by atoms with Crippen molar-refractivity contribution < 1.29 is 14.6 Å². The third kappa shape index (κ3) is 4.54. The molecular formula is C16H25N3O4. The van der Waals surface area contributed by atoms with Gasteiger partial charge >= 0.3 is 0 Å². The molecule has 0 spiro atoms. The molecule has 2 saturated heterocycles. The molecule has 0 radical (unpaired) electrons. The standard InChI is InChI=1S/C16H25N3O4/c20-15-11-14(12-18-5-9-23-10-6-18)19(13-16(15)21)2-1-17-3-7-22-8-4-17/h11,13,21H,1-10,12H2. The molecule has 1 aromatic rings. The van der Waals surface area contributed by atoms with E-state index in [0.29, 0.717) is 6.54 Å². The van der Waals surface area contributed by atoms with Crippen LogP contribution in [-0.2, 0) is 22.6 Å². The molecule has 0 saturated carbocycles. The summed E-state index contributed by atoms with van der Waals surface area (Å²) in [7, 11) is 0. The van der Waals surface area contributed by atoms with Gasteiger partial charge in [-0.25, -0.2) is 0 Å². The van der Waals surface area contributed by atoms with Gasteiger partial charge in [0.1, 0.15) is 0 Å². The van der Waals surface area contributed by atoms with Gasteiger partial charge in [-0.15, -0.1) is 0 Å². The zero-order valence-electron chi connectivity index (χ0n) is 13.4. The average molecular weight is 323 g/mol. The van der Waals surface area contributed by atoms with E-state index >= 15 is 0 Å². The zero-order valence-corrected chi connectivity index (χ0v) is 13.4. The lowest BCUT2D eigenvalue weighted by Crippen LogP contribution is -2.39. The molecule has 0 aliphatic carbocycles. The first-order valence-electron chi connectivity index (χ1n) is 8.25. The normalized spacial score (nSPS) is 20.7. The Bertz CT molecular complexity index is 563. The van der Waals surface area contributed by atoms with Crippen LogP contribution in [0.5, 0.6) is 5.75 Å². The van der Waals surface area contributed by atoms with E-state index in [1.54, 1.807) is 12.3 Å². The molecule has 7 nitrogen and oxygen atoms in total. The van der Waals surface area contributed by atoms with Crippen molar-refractivity contribution in [3.8, 4) is 5.75 Å². The van der Waals surface area contributed by atoms with E-state index in [2.05, 4.69) is 9.80 Å². The number of nitrogens with zero attached hydrogens (tertiary/aromatic N) is 3. The Morgan fingerprint density at radius 1 is 0.957 bits per heavy atom. The number of pyridine rings is 1. The Morgan fingerprint density at radius 2 is 1.57 bits per heavy atom. The van der Waals surface area contributed by atoms with Crippen LogP contribution in [0.3, 0.4) is 0 Å². The number of aromatic hydroxyl groups is 1. The summed E-state index contributed by atoms with van der Waals surface area (Å²) in [5, 5.41) is 9.77. The first-order chi connectivity index (χ1) is 11.2. The number of morpholine rings is 2. The third-order valence-corrected chi connectivity index (χ3v) is 4.45. The summed E-state index contributed by atoms with van der Waals surface area (Å²) < 4.78 is 12.7. The van der Waals surface area contributed by atoms with Crippen LogP contribution >= 0.6 is 0 Å². The lowest BCUT2D eigenvalue weighted by Gasteiger charge is -2.29. The van der Waals surface area contributed by atoms with E-state index in [-0.39, 0.29) is 11.2 Å². The van der Waals surface area contributed by atoms with E-state index in [4.69, 9.17) is 9.47 Å². The predicted molar refractivity (Wildman–Crippen MR) is 85.7 cm³/mol. The van der Waals surface area contributed by atoms with Gasteiger partial charge < -0.3 is 19.1 Å². The number of hydrogen-bond acceptors (Lipinski definition) is 6. The zero-order chi connectivity index (χ0) is 16.1. The van der Waals surface area contributed by atoms with Gasteiger partial charge in [0.15, 0.2) is 5.75 Å². The monoisotopic (exact) mass is 323 g/mol. The minimum atomic E-state index is -0.309. The summed E-state index contributed by atoms with van der Waals surface area (Å²) in [6, 6.07) is 1.56. The van der Waals surface area contributed by atoms with Gasteiger partial charge in [-0.2, -0.15) is 0 Å². The molecule has 2 fully saturated rings. The van der Waals surface area contributed by atoms with Gasteiger partial charge in [-0.1, -0.05) is 0 Å². The fourth-order valence-electron chi connectivity index (χ4n) is 3.01. The van der Waals surface area contributed by atoms with E-state index in [1.165, 1.54) is 0 Å². The fraction of sp³-hybridized carbons (Fsp3) is 0.688. The van der Waals surface area contributed by atoms with Crippen LogP contribution in [0.25, 0.3) is 0 Å². The minimum Gasteiger partial charge on any atom is -0.503 e. The molecule has 2 aliphatic rings. The molecule has 0 unspecified atom stereocenters. The van der Waals surface area contributed by atoms with Gasteiger partial charge in [0.25, 0.3) is 0 Å². The SMILES string of the molecule is O=c1cc(CN2CCOCC2)n(CCN2CCOCC2)cc1O. The summed E-state index contributed by atoms with van der Waals surface area (Å²) in [6.07, 6.45) is 1.57. The highest BCUT2D eigenvalue weighted by molar-refractivity contribution is 5.20. The molecule has 1 aromatic heterocycles. The second-order valence-electron chi connectivity index (χ2n) is 6.05. The molecule has 0 atom stereocenters. The van der Waals surface area contributed by atoms with Crippen LogP contribution in [0, 0.1) is 0 Å². The third-order valence-electron chi connectivity index (χ3n) is 4.45. The lowest BCUT2D eigenvalue weighted by atomic mass is 10.2. The minimum absolute atomic E-state index is 0.183. The van der Waals surface area contributed by atoms with Gasteiger partial charge in [-0.05, 0) is 0 Å². The van der Waals surface area contributed by atoms with Crippen molar-refractivity contribution in [2.75, 3.05) is 59.2 Å². The Kier molecular flexibility index (Phi) is 5.66. The summed E-state index contributed by atoms with van der Waals surface area (Å²) >= 11 is 0. The molecular weight excluding hydrogens is 298 g/mol. The number of hydrogen-bond donors (Lipinski definition) is 1. The topological polar surface area (TPSA) is 67.2 Å². The van der Waals surface area contributed by atoms with Crippen molar-refractivity contribution in [1.29, 1.82) is 0 Å². The van der Waals surface area contributed by atoms with E-state index in [1.807, 2.05) is 4.57 Å². The molecule has 23 heavy (non-hydrogen) atoms. The molecule has 1 N–H and O–H groups in total. The van der Waals surface area contributed by atoms with Gasteiger partial charge in [0.2, 0.25) is 5.43 Å². The maximum Gasteiger partial charge on any atom is 0.223 e. The van der Waals surface area contributed by atoms with Crippen molar-refractivity contribution in [1.82, 2.24) is 14.4 Å². The number of rotatable bonds is 5. The summed E-state index contributed by atoms with van der Waals surface area (Å²) in [5.74, 6) is -0.183. The van der Waals surface area contributed by atoms with E-state index < -0.39 is 0 Å². The first kappa shape index (κ1) is 16.4. The first-order valence-corrected chi connectivity index (χ1v) is 8.25. The Balaban J connectivity index is 1.68. The quantitative estimate of drug-likeness (QED) is 0.804. The smallest absolute Gasteiger partial charge is 0.223 e. The second kappa shape index (κ2) is 7.92. The molecule has 128 valence electrons. The van der Waals surface area contributed by atoms with Crippen LogP contribution in [-0.4, -0.2) is 78.6 Å². The molecule has 3 heterocycles. The van der Waals surface area contributed by atoms with Crippen LogP contribution in [0.2, 0.25) is 0 Å². The van der Waals surface area contributed by atoms with Gasteiger partial charge in [0.05, 0.1) is 32.6 Å². The highest BCUT2D eigenvalue weighted by Crippen LogP contribution is 2.10. The fourth-order valence-corrected chi connectivity index (χ4v) is 3.01. The van der Waals surface area contributed by atoms with Gasteiger partial charge in [-0.3, -0.25) is 14.6 Å². The summed E-state index contributed by atoms with van der Waals surface area (Å²) in [6.45, 7) is 8.99. The highest BCUT2D eigenvalue weighted by atomic mass is 16.5. The van der Waals surface area contributed by atoms with Gasteiger partial charge in [0, 0.05) is 57.6 Å². The molecule has 0 amide bonds. The molecule has 0 aromatic carbocycles. The van der Waals surface area contributed by atoms with Crippen LogP contribution in [0.4, 0.5) is 0 Å². The number of aromatic nitrogens is 1. The van der Waals surface area contributed by atoms with Crippen molar-refractivity contribution >= 4 is 0 Å². The highest BCUT2D eigenvalue weighted by Gasteiger charge is 2.15. The van der Waals surface area contributed by atoms with E-state index in [0.717, 1.165) is 71.4 Å². The predicted octanol–water partition coefficient (Wildman–Crippen LogP) is -0.282. The maximum absolute atomic E-state index is 11.8. The van der Waals surface area contributed by atoms with Crippen molar-refractivity contribution in [3.05, 3.63) is 28.2 Å². The largest absolute Gasteiger partial charge is 0.503 e. The summed E-state index contributed by atoms with van der Waals surface area (Å²) in [5.41, 5.74) is 0.638. The van der Waals surface area contributed by atoms with Crippen LogP contribution in [0.1, 0.15) is 5.69 Å². The summed E-state index contributed by atoms with van der Waals surface area (Å²) in [4.78, 5) is 16.4. The van der Waals surface area contributed by atoms with E-state index in [9.17, 15) is 9.90 Å². The van der Waals surface area contributed by atoms with Crippen molar-refractivity contribution in [2.45, 2.75) is 13.1 Å². The van der Waals surface area contributed by atoms with Crippen LogP contribution < -0.4 is 5.43 Å². The molecule has 7 heteroatoms. The van der Waals surface area contributed by atoms with Crippen LogP contribution in [0.15, 0.2) is 17.1 Å². The Labute approximate surface area is 136 Å². The Morgan fingerprint density at radius 3 is 2.22 bits per heavy atom. The molecule has 3 rings (SSSR count). The maximum atomic E-state index is 11.8. The lowest BCUT2D eigenvalue weighted by molar-refractivity contribution is 0.0315. The molecule has 2 aliphatic heterocycles. The average Bonchev–Trinajstić information content (AvgIpc) is 2.58. The number of ether oxygens (including phenoxy) is 2. The van der Waals surface area contributed by atoms with Crippen molar-refractivity contribution in [2.24, 2.45) is 0 Å².